The predicted octanol–water partition coefficient (Wildman–Crippen LogP) is -0.313. The van der Waals surface area contributed by atoms with Crippen molar-refractivity contribution in [3.05, 3.63) is 0 Å². The Labute approximate surface area is 126 Å². The maximum absolute atomic E-state index is 11.4. The molecule has 1 atom stereocenters. The highest BCUT2D eigenvalue weighted by Gasteiger charge is 2.24. The van der Waals surface area contributed by atoms with Gasteiger partial charge in [-0.15, -0.1) is 0 Å². The second kappa shape index (κ2) is 8.50. The quantitative estimate of drug-likeness (QED) is 0.455. The Morgan fingerprint density at radius 3 is 2.48 bits per heavy atom. The Balaban J connectivity index is 2.13. The molecule has 0 heterocycles. The van der Waals surface area contributed by atoms with Crippen molar-refractivity contribution in [3.8, 4) is 0 Å². The molecule has 0 aromatic heterocycles. The summed E-state index contributed by atoms with van der Waals surface area (Å²) in [5.74, 6) is -1.51. The minimum absolute atomic E-state index is 0.0600. The number of hydrogen-bond donors (Lipinski definition) is 4. The van der Waals surface area contributed by atoms with Crippen LogP contribution in [0.4, 0.5) is 4.79 Å². The molecule has 118 valence electrons. The Bertz CT molecular complexity index is 425. The molecule has 1 saturated carbocycles. The van der Waals surface area contributed by atoms with Crippen LogP contribution >= 0.6 is 11.8 Å². The Morgan fingerprint density at radius 1 is 1.29 bits per heavy atom. The van der Waals surface area contributed by atoms with Crippen LogP contribution in [-0.4, -0.2) is 52.5 Å². The van der Waals surface area contributed by atoms with Gasteiger partial charge in [0.15, 0.2) is 0 Å². The zero-order chi connectivity index (χ0) is 15.8. The molecule has 8 nitrogen and oxygen atoms in total. The van der Waals surface area contributed by atoms with Gasteiger partial charge in [-0.1, -0.05) is 0 Å². The Morgan fingerprint density at radius 2 is 1.95 bits per heavy atom. The lowest BCUT2D eigenvalue weighted by Crippen LogP contribution is -2.41. The Kier molecular flexibility index (Phi) is 7.00. The van der Waals surface area contributed by atoms with Crippen molar-refractivity contribution >= 4 is 35.6 Å². The first kappa shape index (κ1) is 17.3. The molecule has 4 amide bonds. The monoisotopic (exact) mass is 317 g/mol. The Hall–Kier alpha value is -1.77. The van der Waals surface area contributed by atoms with Crippen LogP contribution in [-0.2, 0) is 14.4 Å². The first-order chi connectivity index (χ1) is 9.88. The zero-order valence-corrected chi connectivity index (χ0v) is 12.5. The van der Waals surface area contributed by atoms with Gasteiger partial charge < -0.3 is 15.7 Å². The highest BCUT2D eigenvalue weighted by Crippen LogP contribution is 2.18. The maximum atomic E-state index is 11.4. The molecule has 21 heavy (non-hydrogen) atoms. The first-order valence-corrected chi connectivity index (χ1v) is 7.72. The van der Waals surface area contributed by atoms with E-state index in [2.05, 4.69) is 16.0 Å². The van der Waals surface area contributed by atoms with Gasteiger partial charge in [0, 0.05) is 13.0 Å². The van der Waals surface area contributed by atoms with Crippen LogP contribution in [0.5, 0.6) is 0 Å². The third-order valence-electron chi connectivity index (χ3n) is 2.63. The normalized spacial score (nSPS) is 14.9. The van der Waals surface area contributed by atoms with E-state index in [0.717, 1.165) is 12.8 Å². The van der Waals surface area contributed by atoms with Crippen LogP contribution in [0.15, 0.2) is 0 Å². The average molecular weight is 317 g/mol. The number of amides is 4. The van der Waals surface area contributed by atoms with Crippen molar-refractivity contribution in [2.45, 2.75) is 38.3 Å². The lowest BCUT2D eigenvalue weighted by Gasteiger charge is -2.12. The number of hydrogen-bond acceptors (Lipinski definition) is 5. The number of carbonyl (C=O) groups is 4. The van der Waals surface area contributed by atoms with E-state index in [9.17, 15) is 19.2 Å². The number of carboxylic acids is 1. The van der Waals surface area contributed by atoms with Crippen molar-refractivity contribution in [1.29, 1.82) is 0 Å². The fourth-order valence-electron chi connectivity index (χ4n) is 1.48. The molecule has 0 aromatic rings. The summed E-state index contributed by atoms with van der Waals surface area (Å²) in [6.07, 6.45) is 2.09. The number of nitrogens with one attached hydrogen (secondary N) is 3. The van der Waals surface area contributed by atoms with E-state index in [-0.39, 0.29) is 18.2 Å². The van der Waals surface area contributed by atoms with Gasteiger partial charge in [0.05, 0.1) is 5.75 Å². The van der Waals surface area contributed by atoms with Gasteiger partial charge in [-0.05, 0) is 25.0 Å². The van der Waals surface area contributed by atoms with Gasteiger partial charge in [-0.25, -0.2) is 9.59 Å². The summed E-state index contributed by atoms with van der Waals surface area (Å²) in [5, 5.41) is 16.0. The zero-order valence-electron chi connectivity index (χ0n) is 11.7. The summed E-state index contributed by atoms with van der Waals surface area (Å²) < 4.78 is 0. The fourth-order valence-corrected chi connectivity index (χ4v) is 2.28. The number of carbonyl (C=O) groups excluding carboxylic acids is 3. The van der Waals surface area contributed by atoms with E-state index >= 15 is 0 Å². The molecule has 1 unspecified atom stereocenters. The van der Waals surface area contributed by atoms with Gasteiger partial charge in [0.25, 0.3) is 0 Å². The lowest BCUT2D eigenvalue weighted by molar-refractivity contribution is -0.141. The number of carboxylic acid groups (broad SMARTS) is 1. The minimum Gasteiger partial charge on any atom is -0.480 e. The smallest absolute Gasteiger partial charge is 0.326 e. The summed E-state index contributed by atoms with van der Waals surface area (Å²) >= 11 is 1.20. The molecule has 0 aliphatic heterocycles. The number of rotatable bonds is 8. The van der Waals surface area contributed by atoms with Crippen molar-refractivity contribution in [1.82, 2.24) is 16.0 Å². The minimum atomic E-state index is -1.11. The molecule has 1 fully saturated rings. The number of urea groups is 1. The van der Waals surface area contributed by atoms with Crippen molar-refractivity contribution in [2.75, 3.05) is 11.5 Å². The molecule has 0 aromatic carbocycles. The van der Waals surface area contributed by atoms with Crippen LogP contribution in [0.2, 0.25) is 0 Å². The fraction of sp³-hybridized carbons (Fsp3) is 0.667. The molecule has 1 aliphatic rings. The van der Waals surface area contributed by atoms with Crippen molar-refractivity contribution in [2.24, 2.45) is 0 Å². The van der Waals surface area contributed by atoms with Crippen LogP contribution in [0.1, 0.15) is 26.2 Å². The van der Waals surface area contributed by atoms with Gasteiger partial charge >= 0.3 is 12.0 Å². The van der Waals surface area contributed by atoms with E-state index in [0.29, 0.717) is 5.75 Å². The summed E-state index contributed by atoms with van der Waals surface area (Å²) in [6, 6.07) is -1.28. The maximum Gasteiger partial charge on any atom is 0.326 e. The molecule has 4 N–H and O–H groups in total. The SMILES string of the molecule is CC(=O)NC(CCSCC(=O)NC(=O)NC1CC1)C(=O)O. The predicted molar refractivity (Wildman–Crippen MR) is 76.9 cm³/mol. The summed E-state index contributed by atoms with van der Waals surface area (Å²) in [5.41, 5.74) is 0. The molecular weight excluding hydrogens is 298 g/mol. The molecular formula is C12H19N3O5S. The molecule has 1 aliphatic carbocycles. The largest absolute Gasteiger partial charge is 0.480 e. The summed E-state index contributed by atoms with van der Waals surface area (Å²) in [6.45, 7) is 1.25. The van der Waals surface area contributed by atoms with Gasteiger partial charge in [-0.3, -0.25) is 14.9 Å². The molecule has 0 radical (unpaired) electrons. The summed E-state index contributed by atoms with van der Waals surface area (Å²) in [7, 11) is 0. The average Bonchev–Trinajstić information content (AvgIpc) is 3.15. The van der Waals surface area contributed by atoms with Crippen LogP contribution in [0.3, 0.4) is 0 Å². The molecule has 1 rings (SSSR count). The highest BCUT2D eigenvalue weighted by molar-refractivity contribution is 7.99. The standard InChI is InChI=1S/C12H19N3O5S/c1-7(16)13-9(11(18)19)4-5-21-6-10(17)15-12(20)14-8-2-3-8/h8-9H,2-6H2,1H3,(H,13,16)(H,18,19)(H2,14,15,17,20). The van der Waals surface area contributed by atoms with E-state index in [1.54, 1.807) is 0 Å². The third kappa shape index (κ3) is 8.18. The van der Waals surface area contributed by atoms with E-state index in [1.807, 2.05) is 0 Å². The second-order valence-corrected chi connectivity index (χ2v) is 5.83. The van der Waals surface area contributed by atoms with E-state index in [4.69, 9.17) is 5.11 Å². The van der Waals surface area contributed by atoms with Crippen LogP contribution in [0, 0.1) is 0 Å². The lowest BCUT2D eigenvalue weighted by atomic mass is 10.2. The van der Waals surface area contributed by atoms with E-state index < -0.39 is 29.9 Å². The van der Waals surface area contributed by atoms with E-state index in [1.165, 1.54) is 18.7 Å². The molecule has 0 bridgehead atoms. The first-order valence-electron chi connectivity index (χ1n) is 6.56. The van der Waals surface area contributed by atoms with Gasteiger partial charge in [0.2, 0.25) is 11.8 Å². The second-order valence-electron chi connectivity index (χ2n) is 4.73. The molecule has 9 heteroatoms. The third-order valence-corrected chi connectivity index (χ3v) is 3.62. The number of thioether (sulfide) groups is 1. The van der Waals surface area contributed by atoms with Crippen molar-refractivity contribution < 1.29 is 24.3 Å². The van der Waals surface area contributed by atoms with Gasteiger partial charge in [-0.2, -0.15) is 11.8 Å². The number of aliphatic carboxylic acids is 1. The topological polar surface area (TPSA) is 125 Å². The molecule has 0 saturated heterocycles. The van der Waals surface area contributed by atoms with Gasteiger partial charge in [0.1, 0.15) is 6.04 Å². The van der Waals surface area contributed by atoms with Crippen LogP contribution < -0.4 is 16.0 Å². The summed E-state index contributed by atoms with van der Waals surface area (Å²) in [4.78, 5) is 44.4. The van der Waals surface area contributed by atoms with Crippen LogP contribution in [0.25, 0.3) is 0 Å². The molecule has 0 spiro atoms. The highest BCUT2D eigenvalue weighted by atomic mass is 32.2. The number of imide groups is 1. The van der Waals surface area contributed by atoms with Crippen molar-refractivity contribution in [3.63, 3.8) is 0 Å².